The Morgan fingerprint density at radius 1 is 1.26 bits per heavy atom. The lowest BCUT2D eigenvalue weighted by Crippen LogP contribution is -2.52. The molecular formula is C17H27IN4O. The summed E-state index contributed by atoms with van der Waals surface area (Å²) in [5.41, 5.74) is 0.915. The van der Waals surface area contributed by atoms with Crippen LogP contribution in [0.15, 0.2) is 41.4 Å². The first-order chi connectivity index (χ1) is 10.8. The lowest BCUT2D eigenvalue weighted by molar-refractivity contribution is 0.370. The summed E-state index contributed by atoms with van der Waals surface area (Å²) in [5.74, 6) is 1.31. The van der Waals surface area contributed by atoms with Crippen molar-refractivity contribution in [3.8, 4) is 5.75 Å². The molecule has 6 heteroatoms. The standard InChI is InChI=1S/C17H26N4O.HI/c1-3-4-7-10-19-17(18-2)21-13-11-20(12-14-21)15-8-5-6-9-16(15)22;/h3-6,8-9,22H,7,10-14H2,1-2H3,(H,18,19);1H/b4-3+;. The van der Waals surface area contributed by atoms with Crippen LogP contribution in [0, 0.1) is 0 Å². The Morgan fingerprint density at radius 2 is 1.96 bits per heavy atom. The summed E-state index contributed by atoms with van der Waals surface area (Å²) < 4.78 is 0. The number of aliphatic imine (C=N–C) groups is 1. The molecule has 0 amide bonds. The molecule has 1 aliphatic heterocycles. The van der Waals surface area contributed by atoms with Crippen LogP contribution in [0.25, 0.3) is 0 Å². The fraction of sp³-hybridized carbons (Fsp3) is 0.471. The highest BCUT2D eigenvalue weighted by molar-refractivity contribution is 14.0. The number of phenolic OH excluding ortho intramolecular Hbond substituents is 1. The fourth-order valence-corrected chi connectivity index (χ4v) is 2.66. The number of anilines is 1. The maximum atomic E-state index is 9.95. The Bertz CT molecular complexity index is 525. The molecule has 1 fully saturated rings. The van der Waals surface area contributed by atoms with Gasteiger partial charge in [-0.2, -0.15) is 0 Å². The molecule has 128 valence electrons. The van der Waals surface area contributed by atoms with Crippen molar-refractivity contribution in [2.24, 2.45) is 4.99 Å². The molecular weight excluding hydrogens is 403 g/mol. The van der Waals surface area contributed by atoms with Gasteiger partial charge in [-0.3, -0.25) is 4.99 Å². The van der Waals surface area contributed by atoms with Gasteiger partial charge >= 0.3 is 0 Å². The first kappa shape index (κ1) is 19.6. The number of phenols is 1. The molecule has 0 bridgehead atoms. The molecule has 0 spiro atoms. The largest absolute Gasteiger partial charge is 0.506 e. The van der Waals surface area contributed by atoms with Crippen molar-refractivity contribution >= 4 is 35.6 Å². The van der Waals surface area contributed by atoms with E-state index >= 15 is 0 Å². The van der Waals surface area contributed by atoms with Gasteiger partial charge < -0.3 is 20.2 Å². The first-order valence-corrected chi connectivity index (χ1v) is 7.86. The molecule has 0 aromatic heterocycles. The van der Waals surface area contributed by atoms with Crippen molar-refractivity contribution in [1.82, 2.24) is 10.2 Å². The van der Waals surface area contributed by atoms with E-state index in [2.05, 4.69) is 32.3 Å². The first-order valence-electron chi connectivity index (χ1n) is 7.86. The number of benzene rings is 1. The summed E-state index contributed by atoms with van der Waals surface area (Å²) >= 11 is 0. The van der Waals surface area contributed by atoms with E-state index in [1.165, 1.54) is 0 Å². The topological polar surface area (TPSA) is 51.1 Å². The number of hydrogen-bond acceptors (Lipinski definition) is 3. The van der Waals surface area contributed by atoms with Crippen LogP contribution in [0.2, 0.25) is 0 Å². The molecule has 1 saturated heterocycles. The summed E-state index contributed by atoms with van der Waals surface area (Å²) in [7, 11) is 1.83. The van der Waals surface area contributed by atoms with Crippen LogP contribution < -0.4 is 10.2 Å². The van der Waals surface area contributed by atoms with E-state index in [4.69, 9.17) is 0 Å². The van der Waals surface area contributed by atoms with Crippen LogP contribution in [0.1, 0.15) is 13.3 Å². The average Bonchev–Trinajstić information content (AvgIpc) is 2.56. The monoisotopic (exact) mass is 430 g/mol. The molecule has 23 heavy (non-hydrogen) atoms. The van der Waals surface area contributed by atoms with E-state index in [9.17, 15) is 5.11 Å². The minimum Gasteiger partial charge on any atom is -0.506 e. The van der Waals surface area contributed by atoms with Gasteiger partial charge in [-0.1, -0.05) is 24.3 Å². The molecule has 5 nitrogen and oxygen atoms in total. The molecule has 2 N–H and O–H groups in total. The van der Waals surface area contributed by atoms with Crippen molar-refractivity contribution in [3.63, 3.8) is 0 Å². The number of para-hydroxylation sites is 2. The number of guanidine groups is 1. The fourth-order valence-electron chi connectivity index (χ4n) is 2.66. The van der Waals surface area contributed by atoms with Crippen LogP contribution in [-0.2, 0) is 0 Å². The third-order valence-corrected chi connectivity index (χ3v) is 3.84. The Morgan fingerprint density at radius 3 is 2.57 bits per heavy atom. The number of nitrogens with zero attached hydrogens (tertiary/aromatic N) is 3. The second kappa shape index (κ2) is 10.4. The maximum Gasteiger partial charge on any atom is 0.193 e. The van der Waals surface area contributed by atoms with E-state index in [-0.39, 0.29) is 24.0 Å². The Labute approximate surface area is 156 Å². The number of aromatic hydroxyl groups is 1. The van der Waals surface area contributed by atoms with Crippen LogP contribution >= 0.6 is 24.0 Å². The van der Waals surface area contributed by atoms with Gasteiger partial charge in [0.2, 0.25) is 0 Å². The second-order valence-corrected chi connectivity index (χ2v) is 5.29. The predicted octanol–water partition coefficient (Wildman–Crippen LogP) is 2.67. The number of rotatable bonds is 4. The van der Waals surface area contributed by atoms with Crippen LogP contribution in [0.5, 0.6) is 5.75 Å². The minimum absolute atomic E-state index is 0. The van der Waals surface area contributed by atoms with Crippen LogP contribution in [0.3, 0.4) is 0 Å². The summed E-state index contributed by atoms with van der Waals surface area (Å²) in [6, 6.07) is 7.52. The minimum atomic E-state index is 0. The van der Waals surface area contributed by atoms with Crippen LogP contribution in [0.4, 0.5) is 5.69 Å². The van der Waals surface area contributed by atoms with Crippen molar-refractivity contribution in [1.29, 1.82) is 0 Å². The molecule has 0 atom stereocenters. The zero-order valence-electron chi connectivity index (χ0n) is 13.9. The van der Waals surface area contributed by atoms with Gasteiger partial charge in [0.15, 0.2) is 5.96 Å². The molecule has 2 rings (SSSR count). The van der Waals surface area contributed by atoms with Crippen molar-refractivity contribution < 1.29 is 5.11 Å². The molecule has 0 radical (unpaired) electrons. The second-order valence-electron chi connectivity index (χ2n) is 5.29. The van der Waals surface area contributed by atoms with Gasteiger partial charge in [-0.15, -0.1) is 24.0 Å². The summed E-state index contributed by atoms with van der Waals surface area (Å²) in [6.45, 7) is 6.50. The van der Waals surface area contributed by atoms with Gasteiger partial charge in [-0.05, 0) is 25.5 Å². The van der Waals surface area contributed by atoms with E-state index in [1.807, 2.05) is 32.2 Å². The summed E-state index contributed by atoms with van der Waals surface area (Å²) in [4.78, 5) is 8.86. The van der Waals surface area contributed by atoms with Crippen LogP contribution in [-0.4, -0.2) is 55.7 Å². The van der Waals surface area contributed by atoms with Gasteiger partial charge in [0.05, 0.1) is 5.69 Å². The van der Waals surface area contributed by atoms with Crippen molar-refractivity contribution in [3.05, 3.63) is 36.4 Å². The zero-order chi connectivity index (χ0) is 15.8. The van der Waals surface area contributed by atoms with E-state index in [1.54, 1.807) is 6.07 Å². The molecule has 0 saturated carbocycles. The smallest absolute Gasteiger partial charge is 0.193 e. The Balaban J connectivity index is 0.00000264. The summed E-state index contributed by atoms with van der Waals surface area (Å²) in [5, 5.41) is 13.3. The Kier molecular flexibility index (Phi) is 8.83. The molecule has 1 aromatic rings. The predicted molar refractivity (Wildman–Crippen MR) is 108 cm³/mol. The highest BCUT2D eigenvalue weighted by atomic mass is 127. The maximum absolute atomic E-state index is 9.95. The number of piperazine rings is 1. The number of halogens is 1. The SMILES string of the molecule is C/C=C/CCNC(=NC)N1CCN(c2ccccc2O)CC1.I. The molecule has 0 unspecified atom stereocenters. The quantitative estimate of drug-likeness (QED) is 0.254. The molecule has 1 heterocycles. The highest BCUT2D eigenvalue weighted by Gasteiger charge is 2.20. The van der Waals surface area contributed by atoms with Gasteiger partial charge in [0.1, 0.15) is 5.75 Å². The third kappa shape index (κ3) is 5.60. The highest BCUT2D eigenvalue weighted by Crippen LogP contribution is 2.27. The number of hydrogen-bond donors (Lipinski definition) is 2. The van der Waals surface area contributed by atoms with E-state index in [0.717, 1.165) is 50.8 Å². The third-order valence-electron chi connectivity index (χ3n) is 3.84. The van der Waals surface area contributed by atoms with Crippen molar-refractivity contribution in [2.75, 3.05) is 44.7 Å². The molecule has 1 aliphatic rings. The van der Waals surface area contributed by atoms with Crippen molar-refractivity contribution in [2.45, 2.75) is 13.3 Å². The molecule has 0 aliphatic carbocycles. The summed E-state index contributed by atoms with van der Waals surface area (Å²) in [6.07, 6.45) is 5.22. The number of allylic oxidation sites excluding steroid dienone is 1. The van der Waals surface area contributed by atoms with Gasteiger partial charge in [0, 0.05) is 39.8 Å². The zero-order valence-corrected chi connectivity index (χ0v) is 16.2. The average molecular weight is 430 g/mol. The Hall–Kier alpha value is -1.44. The normalized spacial score (nSPS) is 15.7. The van der Waals surface area contributed by atoms with Gasteiger partial charge in [0.25, 0.3) is 0 Å². The van der Waals surface area contributed by atoms with E-state index in [0.29, 0.717) is 5.75 Å². The van der Waals surface area contributed by atoms with Gasteiger partial charge in [-0.25, -0.2) is 0 Å². The lowest BCUT2D eigenvalue weighted by Gasteiger charge is -2.37. The molecule has 1 aromatic carbocycles. The number of nitrogens with one attached hydrogen (secondary N) is 1. The lowest BCUT2D eigenvalue weighted by atomic mass is 10.2. The van der Waals surface area contributed by atoms with E-state index < -0.39 is 0 Å².